The van der Waals surface area contributed by atoms with Gasteiger partial charge in [-0.25, -0.2) is 0 Å². The van der Waals surface area contributed by atoms with Gasteiger partial charge in [0, 0.05) is 26.6 Å². The first kappa shape index (κ1) is 18.9. The monoisotopic (exact) mass is 477 g/mol. The molecule has 2 aromatic carbocycles. The first-order chi connectivity index (χ1) is 12.5. The van der Waals surface area contributed by atoms with Crippen molar-refractivity contribution in [1.29, 1.82) is 0 Å². The fourth-order valence-electron chi connectivity index (χ4n) is 3.14. The van der Waals surface area contributed by atoms with Gasteiger partial charge in [0.05, 0.1) is 12.8 Å². The van der Waals surface area contributed by atoms with Crippen molar-refractivity contribution in [3.05, 3.63) is 74.8 Å². The minimum absolute atomic E-state index is 0.243. The molecule has 0 heterocycles. The zero-order valence-electron chi connectivity index (χ0n) is 14.0. The van der Waals surface area contributed by atoms with E-state index >= 15 is 0 Å². The predicted molar refractivity (Wildman–Crippen MR) is 108 cm³/mol. The van der Waals surface area contributed by atoms with Crippen molar-refractivity contribution in [2.45, 2.75) is 12.3 Å². The number of nitrogens with one attached hydrogen (secondary N) is 1. The van der Waals surface area contributed by atoms with Crippen molar-refractivity contribution in [3.63, 3.8) is 0 Å². The normalized spacial score (nSPS) is 19.7. The van der Waals surface area contributed by atoms with Crippen LogP contribution < -0.4 is 5.32 Å². The minimum atomic E-state index is -0.818. The highest BCUT2D eigenvalue weighted by molar-refractivity contribution is 9.11. The Kier molecular flexibility index (Phi) is 5.94. The number of anilines is 1. The van der Waals surface area contributed by atoms with Crippen LogP contribution in [0.3, 0.4) is 0 Å². The maximum Gasteiger partial charge on any atom is 0.317 e. The van der Waals surface area contributed by atoms with Crippen molar-refractivity contribution in [2.24, 2.45) is 5.92 Å². The third-order valence-electron chi connectivity index (χ3n) is 4.37. The molecule has 0 bridgehead atoms. The van der Waals surface area contributed by atoms with Gasteiger partial charge in [-0.2, -0.15) is 0 Å². The Morgan fingerprint density at radius 1 is 1.15 bits per heavy atom. The molecule has 3 rings (SSSR count). The number of ether oxygens (including phenoxy) is 1. The van der Waals surface area contributed by atoms with Crippen molar-refractivity contribution in [1.82, 2.24) is 0 Å². The molecule has 0 aliphatic heterocycles. The Morgan fingerprint density at radius 3 is 2.54 bits per heavy atom. The maximum atomic E-state index is 12.7. The van der Waals surface area contributed by atoms with E-state index in [1.165, 1.54) is 13.2 Å². The van der Waals surface area contributed by atoms with Gasteiger partial charge in [0.2, 0.25) is 0 Å². The molecule has 2 atom stereocenters. The van der Waals surface area contributed by atoms with E-state index in [0.29, 0.717) is 6.42 Å². The van der Waals surface area contributed by atoms with Gasteiger partial charge in [0.25, 0.3) is 0 Å². The lowest BCUT2D eigenvalue weighted by Crippen LogP contribution is -2.34. The number of rotatable bonds is 4. The van der Waals surface area contributed by atoms with Crippen LogP contribution in [0, 0.1) is 5.92 Å². The number of hydrogen-bond donors (Lipinski definition) is 1. The molecule has 0 radical (unpaired) electrons. The topological polar surface area (TPSA) is 55.4 Å². The molecule has 4 nitrogen and oxygen atoms in total. The van der Waals surface area contributed by atoms with Crippen LogP contribution in [0.15, 0.2) is 69.2 Å². The molecule has 0 aromatic heterocycles. The molecule has 2 aromatic rings. The van der Waals surface area contributed by atoms with Crippen LogP contribution in [-0.2, 0) is 14.3 Å². The average Bonchev–Trinajstić information content (AvgIpc) is 2.64. The third kappa shape index (κ3) is 4.07. The van der Waals surface area contributed by atoms with Crippen LogP contribution in [0.1, 0.15) is 17.9 Å². The van der Waals surface area contributed by atoms with Crippen molar-refractivity contribution in [2.75, 3.05) is 12.4 Å². The van der Waals surface area contributed by atoms with Crippen molar-refractivity contribution >= 4 is 49.3 Å². The number of methoxy groups -OCH3 is 1. The summed E-state index contributed by atoms with van der Waals surface area (Å²) in [5.41, 5.74) is 2.57. The molecule has 2 unspecified atom stereocenters. The van der Waals surface area contributed by atoms with Crippen LogP contribution in [0.4, 0.5) is 5.69 Å². The van der Waals surface area contributed by atoms with Crippen LogP contribution in [0.5, 0.6) is 0 Å². The summed E-state index contributed by atoms with van der Waals surface area (Å²) in [5.74, 6) is -1.82. The highest BCUT2D eigenvalue weighted by Crippen LogP contribution is 2.38. The lowest BCUT2D eigenvalue weighted by atomic mass is 9.76. The number of benzene rings is 2. The SMILES string of the molecule is COC(=O)C1C(=O)C=C(Nc2ccc(Br)cc2Br)CC1c1ccccc1. The van der Waals surface area contributed by atoms with E-state index in [1.54, 1.807) is 0 Å². The second-order valence-corrected chi connectivity index (χ2v) is 7.81. The van der Waals surface area contributed by atoms with E-state index in [4.69, 9.17) is 4.74 Å². The van der Waals surface area contributed by atoms with Gasteiger partial charge in [-0.3, -0.25) is 9.59 Å². The number of allylic oxidation sites excluding steroid dienone is 2. The van der Waals surface area contributed by atoms with Crippen LogP contribution in [-0.4, -0.2) is 18.9 Å². The summed E-state index contributed by atoms with van der Waals surface area (Å²) in [6.45, 7) is 0. The fraction of sp³-hybridized carbons (Fsp3) is 0.200. The van der Waals surface area contributed by atoms with Crippen molar-refractivity contribution in [3.8, 4) is 0 Å². The summed E-state index contributed by atoms with van der Waals surface area (Å²) in [7, 11) is 1.31. The Morgan fingerprint density at radius 2 is 1.88 bits per heavy atom. The van der Waals surface area contributed by atoms with E-state index < -0.39 is 11.9 Å². The molecule has 0 saturated heterocycles. The summed E-state index contributed by atoms with van der Waals surface area (Å²) in [5, 5.41) is 3.30. The van der Waals surface area contributed by atoms with Crippen molar-refractivity contribution < 1.29 is 14.3 Å². The lowest BCUT2D eigenvalue weighted by molar-refractivity contribution is -0.149. The first-order valence-electron chi connectivity index (χ1n) is 8.09. The van der Waals surface area contributed by atoms with E-state index in [-0.39, 0.29) is 11.7 Å². The number of carbonyl (C=O) groups is 2. The number of hydrogen-bond acceptors (Lipinski definition) is 4. The zero-order chi connectivity index (χ0) is 18.7. The number of carbonyl (C=O) groups excluding carboxylic acids is 2. The molecule has 134 valence electrons. The van der Waals surface area contributed by atoms with E-state index in [2.05, 4.69) is 37.2 Å². The van der Waals surface area contributed by atoms with Gasteiger partial charge in [0.15, 0.2) is 5.78 Å². The van der Waals surface area contributed by atoms with E-state index in [9.17, 15) is 9.59 Å². The molecule has 0 fully saturated rings. The highest BCUT2D eigenvalue weighted by atomic mass is 79.9. The molecular formula is C20H17Br2NO3. The quantitative estimate of drug-likeness (QED) is 0.493. The highest BCUT2D eigenvalue weighted by Gasteiger charge is 2.39. The second kappa shape index (κ2) is 8.18. The van der Waals surface area contributed by atoms with Crippen LogP contribution in [0.25, 0.3) is 0 Å². The number of ketones is 1. The van der Waals surface area contributed by atoms with Gasteiger partial charge < -0.3 is 10.1 Å². The van der Waals surface area contributed by atoms with Gasteiger partial charge in [0.1, 0.15) is 5.92 Å². The summed E-state index contributed by atoms with van der Waals surface area (Å²) in [4.78, 5) is 24.9. The number of halogens is 2. The summed E-state index contributed by atoms with van der Waals surface area (Å²) in [6.07, 6.45) is 2.05. The summed E-state index contributed by atoms with van der Waals surface area (Å²) in [6, 6.07) is 15.4. The molecule has 6 heteroatoms. The van der Waals surface area contributed by atoms with Gasteiger partial charge in [-0.1, -0.05) is 46.3 Å². The molecule has 0 amide bonds. The standard InChI is InChI=1S/C20H17Br2NO3/c1-26-20(25)19-15(12-5-3-2-4-6-12)10-14(11-18(19)24)23-17-8-7-13(21)9-16(17)22/h2-9,11,15,19,23H,10H2,1H3. The average molecular weight is 479 g/mol. The van der Waals surface area contributed by atoms with Crippen LogP contribution in [0.2, 0.25) is 0 Å². The maximum absolute atomic E-state index is 12.7. The van der Waals surface area contributed by atoms with Gasteiger partial charge in [-0.05, 0) is 46.1 Å². The van der Waals surface area contributed by atoms with E-state index in [0.717, 1.165) is 25.9 Å². The number of esters is 1. The molecular weight excluding hydrogens is 462 g/mol. The van der Waals surface area contributed by atoms with Gasteiger partial charge >= 0.3 is 5.97 Å². The molecule has 1 aliphatic carbocycles. The molecule has 0 spiro atoms. The first-order valence-corrected chi connectivity index (χ1v) is 9.67. The Labute approximate surface area is 168 Å². The lowest BCUT2D eigenvalue weighted by Gasteiger charge is -2.29. The minimum Gasteiger partial charge on any atom is -0.468 e. The fourth-order valence-corrected chi connectivity index (χ4v) is 4.29. The second-order valence-electron chi connectivity index (χ2n) is 6.04. The smallest absolute Gasteiger partial charge is 0.317 e. The molecule has 1 aliphatic rings. The summed E-state index contributed by atoms with van der Waals surface area (Å²) < 4.78 is 6.71. The summed E-state index contributed by atoms with van der Waals surface area (Å²) >= 11 is 6.94. The van der Waals surface area contributed by atoms with Gasteiger partial charge in [-0.15, -0.1) is 0 Å². The largest absolute Gasteiger partial charge is 0.468 e. The van der Waals surface area contributed by atoms with E-state index in [1.807, 2.05) is 48.5 Å². The predicted octanol–water partition coefficient (Wildman–Crippen LogP) is 5.05. The zero-order valence-corrected chi connectivity index (χ0v) is 17.2. The van der Waals surface area contributed by atoms with Crippen LogP contribution >= 0.6 is 31.9 Å². The molecule has 1 N–H and O–H groups in total. The molecule has 0 saturated carbocycles. The molecule has 26 heavy (non-hydrogen) atoms. The Bertz CT molecular complexity index is 865. The Hall–Kier alpha value is -1.92. The third-order valence-corrected chi connectivity index (χ3v) is 5.52. The Balaban J connectivity index is 1.93.